The lowest BCUT2D eigenvalue weighted by Crippen LogP contribution is -2.07. The lowest BCUT2D eigenvalue weighted by atomic mass is 10.2. The molecule has 0 aliphatic carbocycles. The van der Waals surface area contributed by atoms with E-state index in [1.165, 1.54) is 11.8 Å². The second-order valence-corrected chi connectivity index (χ2v) is 5.66. The summed E-state index contributed by atoms with van der Waals surface area (Å²) in [7, 11) is 0. The smallest absolute Gasteiger partial charge is 0.313 e. The molecule has 0 aliphatic heterocycles. The molecular weight excluding hydrogens is 296 g/mol. The number of thioether (sulfide) groups is 1. The van der Waals surface area contributed by atoms with Gasteiger partial charge in [0.1, 0.15) is 0 Å². The van der Waals surface area contributed by atoms with Crippen LogP contribution in [-0.2, 0) is 17.8 Å². The summed E-state index contributed by atoms with van der Waals surface area (Å²) in [5.74, 6) is -0.833. The minimum atomic E-state index is -0.842. The molecule has 0 fully saturated rings. The van der Waals surface area contributed by atoms with E-state index in [9.17, 15) is 4.79 Å². The van der Waals surface area contributed by atoms with Gasteiger partial charge in [-0.15, -0.1) is 0 Å². The molecule has 2 rings (SSSR count). The number of benzene rings is 1. The van der Waals surface area contributed by atoms with Gasteiger partial charge in [-0.25, -0.2) is 4.98 Å². The summed E-state index contributed by atoms with van der Waals surface area (Å²) in [6.07, 6.45) is 2.65. The Morgan fingerprint density at radius 1 is 1.50 bits per heavy atom. The van der Waals surface area contributed by atoms with Gasteiger partial charge >= 0.3 is 5.97 Å². The lowest BCUT2D eigenvalue weighted by molar-refractivity contribution is -0.133. The number of aromatic nitrogens is 2. The molecule has 4 nitrogen and oxygen atoms in total. The Balaban J connectivity index is 2.24. The van der Waals surface area contributed by atoms with Crippen LogP contribution in [0.1, 0.15) is 18.2 Å². The first-order chi connectivity index (χ1) is 9.60. The van der Waals surface area contributed by atoms with Crippen molar-refractivity contribution in [2.45, 2.75) is 25.0 Å². The maximum absolute atomic E-state index is 10.7. The number of imidazole rings is 1. The zero-order chi connectivity index (χ0) is 14.5. The number of nitrogens with zero attached hydrogens (tertiary/aromatic N) is 2. The number of hydrogen-bond donors (Lipinski definition) is 1. The second kappa shape index (κ2) is 6.81. The van der Waals surface area contributed by atoms with E-state index in [0.717, 1.165) is 22.8 Å². The van der Waals surface area contributed by atoms with E-state index in [1.54, 1.807) is 6.20 Å². The molecule has 20 heavy (non-hydrogen) atoms. The highest BCUT2D eigenvalue weighted by molar-refractivity contribution is 7.99. The van der Waals surface area contributed by atoms with E-state index in [1.807, 2.05) is 28.8 Å². The Bertz CT molecular complexity index is 613. The van der Waals surface area contributed by atoms with Gasteiger partial charge in [-0.2, -0.15) is 0 Å². The molecular formula is C14H15ClN2O2S. The van der Waals surface area contributed by atoms with Gasteiger partial charge in [0.05, 0.1) is 5.75 Å². The number of aryl methyl sites for hydroxylation is 1. The molecule has 106 valence electrons. The van der Waals surface area contributed by atoms with Gasteiger partial charge in [-0.05, 0) is 24.1 Å². The lowest BCUT2D eigenvalue weighted by Gasteiger charge is -2.10. The van der Waals surface area contributed by atoms with Gasteiger partial charge in [-0.3, -0.25) is 4.79 Å². The van der Waals surface area contributed by atoms with Crippen molar-refractivity contribution in [1.82, 2.24) is 9.55 Å². The van der Waals surface area contributed by atoms with Crippen LogP contribution in [0.25, 0.3) is 0 Å². The highest BCUT2D eigenvalue weighted by Gasteiger charge is 2.11. The van der Waals surface area contributed by atoms with E-state index in [2.05, 4.69) is 11.9 Å². The number of hydrogen-bond acceptors (Lipinski definition) is 3. The molecule has 1 aromatic carbocycles. The van der Waals surface area contributed by atoms with Crippen LogP contribution in [0.5, 0.6) is 0 Å². The topological polar surface area (TPSA) is 55.1 Å². The number of rotatable bonds is 6. The zero-order valence-corrected chi connectivity index (χ0v) is 12.6. The van der Waals surface area contributed by atoms with Crippen molar-refractivity contribution < 1.29 is 9.90 Å². The quantitative estimate of drug-likeness (QED) is 0.832. The van der Waals surface area contributed by atoms with Gasteiger partial charge < -0.3 is 9.67 Å². The average molecular weight is 311 g/mol. The maximum Gasteiger partial charge on any atom is 0.313 e. The maximum atomic E-state index is 10.7. The summed E-state index contributed by atoms with van der Waals surface area (Å²) in [6, 6.07) is 7.65. The zero-order valence-electron chi connectivity index (χ0n) is 11.0. The van der Waals surface area contributed by atoms with E-state index < -0.39 is 5.97 Å². The molecule has 0 saturated carbocycles. The van der Waals surface area contributed by atoms with Crippen molar-refractivity contribution in [1.29, 1.82) is 0 Å². The fraction of sp³-hybridized carbons (Fsp3) is 0.286. The Morgan fingerprint density at radius 3 is 2.95 bits per heavy atom. The van der Waals surface area contributed by atoms with Gasteiger partial charge in [0.25, 0.3) is 0 Å². The first kappa shape index (κ1) is 14.9. The predicted octanol–water partition coefficient (Wildman–Crippen LogP) is 3.32. The second-order valence-electron chi connectivity index (χ2n) is 4.28. The van der Waals surface area contributed by atoms with Crippen LogP contribution < -0.4 is 0 Å². The molecule has 6 heteroatoms. The largest absolute Gasteiger partial charge is 0.481 e. The third-order valence-corrected chi connectivity index (χ3v) is 4.03. The van der Waals surface area contributed by atoms with Crippen molar-refractivity contribution in [2.75, 3.05) is 5.75 Å². The fourth-order valence-electron chi connectivity index (χ4n) is 1.90. The van der Waals surface area contributed by atoms with Crippen LogP contribution in [0, 0.1) is 0 Å². The molecule has 0 spiro atoms. The number of aliphatic carboxylic acids is 1. The molecule has 0 unspecified atom stereocenters. The Hall–Kier alpha value is -1.46. The van der Waals surface area contributed by atoms with Crippen LogP contribution in [0.3, 0.4) is 0 Å². The molecule has 0 amide bonds. The molecule has 0 bridgehead atoms. The van der Waals surface area contributed by atoms with Crippen LogP contribution in [0.15, 0.2) is 35.6 Å². The highest BCUT2D eigenvalue weighted by atomic mass is 35.5. The van der Waals surface area contributed by atoms with Crippen molar-refractivity contribution in [3.63, 3.8) is 0 Å². The number of carbonyl (C=O) groups is 1. The van der Waals surface area contributed by atoms with E-state index >= 15 is 0 Å². The van der Waals surface area contributed by atoms with Crippen LogP contribution >= 0.6 is 23.4 Å². The van der Waals surface area contributed by atoms with Gasteiger partial charge in [0.15, 0.2) is 5.16 Å². The van der Waals surface area contributed by atoms with Crippen molar-refractivity contribution in [3.8, 4) is 0 Å². The highest BCUT2D eigenvalue weighted by Crippen LogP contribution is 2.21. The SMILES string of the molecule is CCc1cnc(SCC(=O)O)n1Cc1cccc(Cl)c1. The summed E-state index contributed by atoms with van der Waals surface area (Å²) in [4.78, 5) is 15.0. The summed E-state index contributed by atoms with van der Waals surface area (Å²) >= 11 is 7.23. The molecule has 0 aliphatic rings. The number of halogens is 1. The fourth-order valence-corrected chi connectivity index (χ4v) is 2.83. The summed E-state index contributed by atoms with van der Waals surface area (Å²) in [5, 5.41) is 10.2. The van der Waals surface area contributed by atoms with Crippen LogP contribution in [-0.4, -0.2) is 26.4 Å². The minimum Gasteiger partial charge on any atom is -0.481 e. The van der Waals surface area contributed by atoms with Crippen molar-refractivity contribution in [2.24, 2.45) is 0 Å². The Morgan fingerprint density at radius 2 is 2.30 bits per heavy atom. The number of carboxylic acid groups (broad SMARTS) is 1. The standard InChI is InChI=1S/C14H15ClN2O2S/c1-2-12-7-16-14(20-9-13(18)19)17(12)8-10-4-3-5-11(15)6-10/h3-7H,2,8-9H2,1H3,(H,18,19). The summed E-state index contributed by atoms with van der Waals surface area (Å²) in [5.41, 5.74) is 2.15. The minimum absolute atomic E-state index is 0.00964. The summed E-state index contributed by atoms with van der Waals surface area (Å²) in [6.45, 7) is 2.70. The molecule has 2 aromatic rings. The van der Waals surface area contributed by atoms with Crippen LogP contribution in [0.4, 0.5) is 0 Å². The summed E-state index contributed by atoms with van der Waals surface area (Å²) < 4.78 is 2.04. The molecule has 1 N–H and O–H groups in total. The van der Waals surface area contributed by atoms with E-state index in [0.29, 0.717) is 11.6 Å². The molecule has 0 atom stereocenters. The normalized spacial score (nSPS) is 10.7. The first-order valence-electron chi connectivity index (χ1n) is 6.23. The van der Waals surface area contributed by atoms with E-state index in [4.69, 9.17) is 16.7 Å². The monoisotopic (exact) mass is 310 g/mol. The van der Waals surface area contributed by atoms with Crippen LogP contribution in [0.2, 0.25) is 5.02 Å². The number of carboxylic acids is 1. The predicted molar refractivity (Wildman–Crippen MR) is 80.5 cm³/mol. The molecule has 0 saturated heterocycles. The third-order valence-electron chi connectivity index (χ3n) is 2.82. The van der Waals surface area contributed by atoms with E-state index in [-0.39, 0.29) is 5.75 Å². The molecule has 0 radical (unpaired) electrons. The Labute approximate surface area is 126 Å². The van der Waals surface area contributed by atoms with Crippen molar-refractivity contribution in [3.05, 3.63) is 46.7 Å². The molecule has 1 heterocycles. The Kier molecular flexibility index (Phi) is 5.09. The first-order valence-corrected chi connectivity index (χ1v) is 7.60. The van der Waals surface area contributed by atoms with Crippen molar-refractivity contribution >= 4 is 29.3 Å². The third kappa shape index (κ3) is 3.77. The molecule has 1 aromatic heterocycles. The van der Waals surface area contributed by atoms with Gasteiger partial charge in [-0.1, -0.05) is 42.4 Å². The average Bonchev–Trinajstić information content (AvgIpc) is 2.78. The van der Waals surface area contributed by atoms with Gasteiger partial charge in [0.2, 0.25) is 0 Å². The van der Waals surface area contributed by atoms with Gasteiger partial charge in [0, 0.05) is 23.5 Å².